The number of unbranched alkanes of at least 4 members (excludes halogenated alkanes) is 11. The molecule has 0 radical (unpaired) electrons. The fourth-order valence-corrected chi connectivity index (χ4v) is 2.62. The van der Waals surface area contributed by atoms with E-state index in [0.29, 0.717) is 6.42 Å². The number of carbonyl (C=O) groups excluding carboxylic acids is 1. The predicted octanol–water partition coefficient (Wildman–Crippen LogP) is 4.58. The molecule has 25 heavy (non-hydrogen) atoms. The Balaban J connectivity index is 0. The fourth-order valence-electron chi connectivity index (χ4n) is 2.62. The molecule has 1 amide bonds. The SMILES string of the molecule is CCCCCCCCC=CCCCCCCCC(=O)NCC(=O)O.[NaH]. The zero-order chi connectivity index (χ0) is 17.9. The molecule has 0 aromatic rings. The molecule has 0 atom stereocenters. The monoisotopic (exact) mass is 363 g/mol. The Kier molecular flexibility index (Phi) is 23.4. The summed E-state index contributed by atoms with van der Waals surface area (Å²) in [5.41, 5.74) is 0. The quantitative estimate of drug-likeness (QED) is 0.226. The molecule has 0 aliphatic carbocycles. The zero-order valence-electron chi connectivity index (χ0n) is 15.5. The van der Waals surface area contributed by atoms with Crippen molar-refractivity contribution in [3.63, 3.8) is 0 Å². The van der Waals surface area contributed by atoms with Crippen molar-refractivity contribution in [1.82, 2.24) is 5.32 Å². The summed E-state index contributed by atoms with van der Waals surface area (Å²) in [6.07, 6.45) is 21.1. The Morgan fingerprint density at radius 1 is 0.800 bits per heavy atom. The number of allylic oxidation sites excluding steroid dienone is 2. The van der Waals surface area contributed by atoms with Crippen molar-refractivity contribution in [1.29, 1.82) is 0 Å². The van der Waals surface area contributed by atoms with E-state index >= 15 is 0 Å². The van der Waals surface area contributed by atoms with E-state index in [4.69, 9.17) is 5.11 Å². The van der Waals surface area contributed by atoms with E-state index in [9.17, 15) is 9.59 Å². The topological polar surface area (TPSA) is 66.4 Å². The molecule has 4 nitrogen and oxygen atoms in total. The van der Waals surface area contributed by atoms with Gasteiger partial charge in [0.15, 0.2) is 0 Å². The average Bonchev–Trinajstić information content (AvgIpc) is 2.56. The number of hydrogen-bond donors (Lipinski definition) is 2. The van der Waals surface area contributed by atoms with Gasteiger partial charge in [0.1, 0.15) is 6.54 Å². The third-order valence-electron chi connectivity index (χ3n) is 4.10. The zero-order valence-corrected chi connectivity index (χ0v) is 15.5. The number of rotatable bonds is 17. The van der Waals surface area contributed by atoms with E-state index in [-0.39, 0.29) is 42.0 Å². The summed E-state index contributed by atoms with van der Waals surface area (Å²) in [4.78, 5) is 21.6. The summed E-state index contributed by atoms with van der Waals surface area (Å²) in [5, 5.41) is 10.8. The first-order valence-electron chi connectivity index (χ1n) is 9.80. The van der Waals surface area contributed by atoms with Crippen molar-refractivity contribution >= 4 is 41.4 Å². The van der Waals surface area contributed by atoms with Gasteiger partial charge in [0.05, 0.1) is 0 Å². The van der Waals surface area contributed by atoms with Crippen LogP contribution >= 0.6 is 0 Å². The van der Waals surface area contributed by atoms with Crippen molar-refractivity contribution in [2.24, 2.45) is 0 Å². The fraction of sp³-hybridized carbons (Fsp3) is 0.800. The molecular weight excluding hydrogens is 325 g/mol. The number of amides is 1. The Labute approximate surface area is 176 Å². The summed E-state index contributed by atoms with van der Waals surface area (Å²) < 4.78 is 0. The Morgan fingerprint density at radius 3 is 1.80 bits per heavy atom. The van der Waals surface area contributed by atoms with E-state index in [1.54, 1.807) is 0 Å². The van der Waals surface area contributed by atoms with E-state index in [1.807, 2.05) is 0 Å². The van der Waals surface area contributed by atoms with Gasteiger partial charge >= 0.3 is 35.5 Å². The van der Waals surface area contributed by atoms with Crippen LogP contribution in [0.2, 0.25) is 0 Å². The van der Waals surface area contributed by atoms with Crippen molar-refractivity contribution in [2.75, 3.05) is 6.54 Å². The third kappa shape index (κ3) is 23.7. The van der Waals surface area contributed by atoms with E-state index < -0.39 is 5.97 Å². The molecule has 0 spiro atoms. The normalized spacial score (nSPS) is 10.6. The van der Waals surface area contributed by atoms with Gasteiger partial charge in [0.2, 0.25) is 5.91 Å². The minimum atomic E-state index is -0.993. The number of carboxylic acid groups (broad SMARTS) is 1. The van der Waals surface area contributed by atoms with Crippen LogP contribution in [-0.4, -0.2) is 53.1 Å². The second kappa shape index (κ2) is 21.7. The van der Waals surface area contributed by atoms with Crippen LogP contribution in [0.15, 0.2) is 12.2 Å². The minimum absolute atomic E-state index is 0. The van der Waals surface area contributed by atoms with E-state index in [1.165, 1.54) is 57.8 Å². The second-order valence-corrected chi connectivity index (χ2v) is 6.50. The molecule has 142 valence electrons. The third-order valence-corrected chi connectivity index (χ3v) is 4.10. The van der Waals surface area contributed by atoms with Gasteiger partial charge in [-0.1, -0.05) is 70.4 Å². The van der Waals surface area contributed by atoms with Crippen molar-refractivity contribution in [3.05, 3.63) is 12.2 Å². The molecule has 0 heterocycles. The molecule has 0 aromatic heterocycles. The number of hydrogen-bond acceptors (Lipinski definition) is 2. The van der Waals surface area contributed by atoms with Crippen molar-refractivity contribution in [3.8, 4) is 0 Å². The van der Waals surface area contributed by atoms with Crippen molar-refractivity contribution < 1.29 is 14.7 Å². The summed E-state index contributed by atoms with van der Waals surface area (Å²) >= 11 is 0. The second-order valence-electron chi connectivity index (χ2n) is 6.50. The van der Waals surface area contributed by atoms with Gasteiger partial charge in [-0.2, -0.15) is 0 Å². The predicted molar refractivity (Wildman–Crippen MR) is 107 cm³/mol. The Hall–Kier alpha value is -0.320. The van der Waals surface area contributed by atoms with Gasteiger partial charge in [-0.25, -0.2) is 0 Å². The molecule has 0 unspecified atom stereocenters. The maximum absolute atomic E-state index is 11.3. The Morgan fingerprint density at radius 2 is 1.28 bits per heavy atom. The molecule has 2 N–H and O–H groups in total. The molecule has 0 fully saturated rings. The molecule has 0 aliphatic heterocycles. The van der Waals surface area contributed by atoms with Gasteiger partial charge in [0, 0.05) is 6.42 Å². The van der Waals surface area contributed by atoms with Crippen molar-refractivity contribution in [2.45, 2.75) is 96.8 Å². The first-order valence-corrected chi connectivity index (χ1v) is 9.80. The van der Waals surface area contributed by atoms with Crippen LogP contribution in [-0.2, 0) is 9.59 Å². The molecule has 0 bridgehead atoms. The van der Waals surface area contributed by atoms with Gasteiger partial charge in [0.25, 0.3) is 0 Å². The number of aliphatic carboxylic acids is 1. The van der Waals surface area contributed by atoms with Crippen LogP contribution < -0.4 is 5.32 Å². The van der Waals surface area contributed by atoms with Crippen LogP contribution in [0.3, 0.4) is 0 Å². The Bertz CT molecular complexity index is 346. The first-order chi connectivity index (χ1) is 11.7. The average molecular weight is 364 g/mol. The summed E-state index contributed by atoms with van der Waals surface area (Å²) in [5.74, 6) is -1.15. The first kappa shape index (κ1) is 26.9. The molecule has 0 aromatic carbocycles. The van der Waals surface area contributed by atoms with Crippen LogP contribution in [0, 0.1) is 0 Å². The van der Waals surface area contributed by atoms with Gasteiger partial charge in [-0.3, -0.25) is 9.59 Å². The van der Waals surface area contributed by atoms with Crippen LogP contribution in [0.25, 0.3) is 0 Å². The molecule has 0 rings (SSSR count). The number of carbonyl (C=O) groups is 2. The molecular formula is C20H38NNaO3. The molecule has 0 aliphatic rings. The van der Waals surface area contributed by atoms with E-state index in [2.05, 4.69) is 24.4 Å². The molecule has 0 saturated carbocycles. The van der Waals surface area contributed by atoms with Gasteiger partial charge in [-0.15, -0.1) is 0 Å². The van der Waals surface area contributed by atoms with Crippen LogP contribution in [0.1, 0.15) is 96.8 Å². The van der Waals surface area contributed by atoms with Gasteiger partial charge < -0.3 is 10.4 Å². The summed E-state index contributed by atoms with van der Waals surface area (Å²) in [6.45, 7) is 1.98. The van der Waals surface area contributed by atoms with E-state index in [0.717, 1.165) is 25.7 Å². The summed E-state index contributed by atoms with van der Waals surface area (Å²) in [7, 11) is 0. The maximum atomic E-state index is 11.3. The van der Waals surface area contributed by atoms with Crippen LogP contribution in [0.4, 0.5) is 0 Å². The molecule has 0 saturated heterocycles. The number of nitrogens with one attached hydrogen (secondary N) is 1. The number of carboxylic acids is 1. The molecule has 5 heteroatoms. The standard InChI is InChI=1S/C20H37NO3.Na.H/c1-2-3-4-5-6-7-8-9-10-11-12-13-14-15-16-17-19(22)21-18-20(23)24;;/h9-10H,2-8,11-18H2,1H3,(H,21,22)(H,23,24);;. The van der Waals surface area contributed by atoms with Gasteiger partial charge in [-0.05, 0) is 32.1 Å². The van der Waals surface area contributed by atoms with Crippen LogP contribution in [0.5, 0.6) is 0 Å². The summed E-state index contributed by atoms with van der Waals surface area (Å²) in [6, 6.07) is 0.